The molecule has 188 valence electrons. The number of fused-ring (bicyclic) bond motifs is 1. The van der Waals surface area contributed by atoms with Crippen molar-refractivity contribution < 1.29 is 23.9 Å². The maximum absolute atomic E-state index is 12.0. The lowest BCUT2D eigenvalue weighted by Gasteiger charge is -2.16. The maximum atomic E-state index is 12.0. The van der Waals surface area contributed by atoms with Crippen LogP contribution in [0.25, 0.3) is 0 Å². The molecule has 0 spiro atoms. The van der Waals surface area contributed by atoms with E-state index in [1.165, 1.54) is 0 Å². The molecule has 2 aliphatic heterocycles. The lowest BCUT2D eigenvalue weighted by molar-refractivity contribution is -0.121. The summed E-state index contributed by atoms with van der Waals surface area (Å²) in [5.74, 6) is 0.887. The minimum Gasteiger partial charge on any atom is -0.377 e. The average Bonchev–Trinajstić information content (AvgIpc) is 3.37. The fraction of sp³-hybridized carbons (Fsp3) is 0.609. The summed E-state index contributed by atoms with van der Waals surface area (Å²) < 4.78 is 12.0. The van der Waals surface area contributed by atoms with Gasteiger partial charge in [-0.15, -0.1) is 0 Å². The summed E-state index contributed by atoms with van der Waals surface area (Å²) >= 11 is 4.10. The normalized spacial score (nSPS) is 21.0. The Morgan fingerprint density at radius 2 is 1.71 bits per heavy atom. The summed E-state index contributed by atoms with van der Waals surface area (Å²) in [7, 11) is 0. The van der Waals surface area contributed by atoms with Gasteiger partial charge in [0.15, 0.2) is 0 Å². The number of halogens is 1. The second kappa shape index (κ2) is 14.7. The molecule has 34 heavy (non-hydrogen) atoms. The van der Waals surface area contributed by atoms with Crippen molar-refractivity contribution in [2.75, 3.05) is 45.3 Å². The molecule has 2 fully saturated rings. The van der Waals surface area contributed by atoms with Crippen LogP contribution in [0.15, 0.2) is 24.3 Å². The number of rotatable bonds is 15. The first-order valence-corrected chi connectivity index (χ1v) is 13.8. The molecule has 1 aromatic rings. The Bertz CT molecular complexity index is 813. The van der Waals surface area contributed by atoms with Gasteiger partial charge in [-0.3, -0.25) is 9.59 Å². The van der Waals surface area contributed by atoms with Gasteiger partial charge in [-0.2, -0.15) is 11.8 Å². The Kier molecular flexibility index (Phi) is 11.7. The zero-order valence-electron chi connectivity index (χ0n) is 19.1. The van der Waals surface area contributed by atoms with E-state index in [1.54, 1.807) is 12.1 Å². The second-order valence-corrected chi connectivity index (χ2v) is 10.7. The predicted molar refractivity (Wildman–Crippen MR) is 140 cm³/mol. The van der Waals surface area contributed by atoms with E-state index in [0.717, 1.165) is 28.6 Å². The van der Waals surface area contributed by atoms with E-state index in [0.29, 0.717) is 56.8 Å². The molecule has 0 radical (unpaired) electrons. The van der Waals surface area contributed by atoms with Gasteiger partial charge in [-0.05, 0) is 59.7 Å². The van der Waals surface area contributed by atoms with Crippen LogP contribution in [0.1, 0.15) is 36.0 Å². The fourth-order valence-corrected chi connectivity index (χ4v) is 5.79. The number of carbonyl (C=O) groups is 3. The highest BCUT2D eigenvalue weighted by molar-refractivity contribution is 14.1. The van der Waals surface area contributed by atoms with Crippen LogP contribution in [0.3, 0.4) is 0 Å². The number of ether oxygens (including phenoxy) is 2. The molecular weight excluding hydrogens is 571 g/mol. The third-order valence-electron chi connectivity index (χ3n) is 5.66. The number of thioether (sulfide) groups is 1. The average molecular weight is 605 g/mol. The molecule has 0 aromatic heterocycles. The molecule has 2 saturated heterocycles. The predicted octanol–water partition coefficient (Wildman–Crippen LogP) is 1.90. The minimum absolute atomic E-state index is 0.0384. The Labute approximate surface area is 218 Å². The van der Waals surface area contributed by atoms with Crippen molar-refractivity contribution in [1.82, 2.24) is 21.3 Å². The Morgan fingerprint density at radius 1 is 1.00 bits per heavy atom. The van der Waals surface area contributed by atoms with E-state index in [9.17, 15) is 14.4 Å². The number of urea groups is 1. The van der Waals surface area contributed by atoms with Gasteiger partial charge in [-0.25, -0.2) is 4.79 Å². The number of hydrogen-bond donors (Lipinski definition) is 4. The summed E-state index contributed by atoms with van der Waals surface area (Å²) in [6, 6.07) is 7.80. The molecule has 3 unspecified atom stereocenters. The smallest absolute Gasteiger partial charge is 0.315 e. The second-order valence-electron chi connectivity index (χ2n) is 8.21. The van der Waals surface area contributed by atoms with Crippen LogP contribution in [-0.4, -0.2) is 80.4 Å². The van der Waals surface area contributed by atoms with Gasteiger partial charge in [0.05, 0.1) is 38.5 Å². The summed E-state index contributed by atoms with van der Waals surface area (Å²) in [6.45, 7) is 2.64. The highest BCUT2D eigenvalue weighted by Gasteiger charge is 2.42. The zero-order valence-corrected chi connectivity index (χ0v) is 22.1. The standard InChI is InChI=1S/C23H33IN4O5S/c24-17-7-5-16(6-8-17)22(30)26-10-12-33-14-13-32-11-9-25-20(29)4-2-1-3-19-21-18(15-34-19)27-23(31)28-21/h5-8,18-19,21H,1-4,9-15H2,(H,25,29)(H,26,30)(H2,27,28,31). The first kappa shape index (κ1) is 27.0. The molecule has 4 amide bonds. The van der Waals surface area contributed by atoms with E-state index in [1.807, 2.05) is 23.9 Å². The molecule has 0 bridgehead atoms. The molecule has 0 aliphatic carbocycles. The molecular formula is C23H33IN4O5S. The van der Waals surface area contributed by atoms with Crippen molar-refractivity contribution >= 4 is 52.2 Å². The number of carbonyl (C=O) groups excluding carboxylic acids is 3. The van der Waals surface area contributed by atoms with Crippen LogP contribution in [0.2, 0.25) is 0 Å². The van der Waals surface area contributed by atoms with Gasteiger partial charge in [-0.1, -0.05) is 6.42 Å². The van der Waals surface area contributed by atoms with Crippen LogP contribution in [-0.2, 0) is 14.3 Å². The highest BCUT2D eigenvalue weighted by Crippen LogP contribution is 2.33. The third kappa shape index (κ3) is 9.23. The number of unbranched alkanes of at least 4 members (excludes halogenated alkanes) is 1. The van der Waals surface area contributed by atoms with Crippen molar-refractivity contribution in [3.63, 3.8) is 0 Å². The van der Waals surface area contributed by atoms with Crippen molar-refractivity contribution in [2.24, 2.45) is 0 Å². The largest absolute Gasteiger partial charge is 0.377 e. The Hall–Kier alpha value is -1.57. The van der Waals surface area contributed by atoms with Crippen LogP contribution >= 0.6 is 34.4 Å². The molecule has 3 atom stereocenters. The number of nitrogens with one attached hydrogen (secondary N) is 4. The van der Waals surface area contributed by atoms with Crippen molar-refractivity contribution in [2.45, 2.75) is 43.0 Å². The first-order valence-electron chi connectivity index (χ1n) is 11.7. The van der Waals surface area contributed by atoms with Crippen LogP contribution in [0.4, 0.5) is 4.79 Å². The monoisotopic (exact) mass is 604 g/mol. The van der Waals surface area contributed by atoms with Gasteiger partial charge in [0.2, 0.25) is 5.91 Å². The van der Waals surface area contributed by atoms with Crippen LogP contribution in [0, 0.1) is 3.57 Å². The SMILES string of the molecule is O=C(CCCCC1SCC2NC(=O)NC21)NCCOCCOCCNC(=O)c1ccc(I)cc1. The van der Waals surface area contributed by atoms with E-state index >= 15 is 0 Å². The summed E-state index contributed by atoms with van der Waals surface area (Å²) in [4.78, 5) is 35.3. The number of hydrogen-bond acceptors (Lipinski definition) is 6. The molecule has 11 heteroatoms. The topological polar surface area (TPSA) is 118 Å². The molecule has 3 rings (SSSR count). The lowest BCUT2D eigenvalue weighted by atomic mass is 10.0. The van der Waals surface area contributed by atoms with Crippen molar-refractivity contribution in [1.29, 1.82) is 0 Å². The quantitative estimate of drug-likeness (QED) is 0.138. The molecule has 2 heterocycles. The molecule has 0 saturated carbocycles. The molecule has 2 aliphatic rings. The fourth-order valence-electron chi connectivity index (χ4n) is 3.89. The zero-order chi connectivity index (χ0) is 24.2. The molecule has 1 aromatic carbocycles. The van der Waals surface area contributed by atoms with Crippen LogP contribution < -0.4 is 21.3 Å². The van der Waals surface area contributed by atoms with Gasteiger partial charge < -0.3 is 30.7 Å². The Balaban J connectivity index is 1.08. The highest BCUT2D eigenvalue weighted by atomic mass is 127. The van der Waals surface area contributed by atoms with Gasteiger partial charge in [0.25, 0.3) is 5.91 Å². The maximum Gasteiger partial charge on any atom is 0.315 e. The summed E-state index contributed by atoms with van der Waals surface area (Å²) in [6.07, 6.45) is 3.34. The lowest BCUT2D eigenvalue weighted by Crippen LogP contribution is -2.36. The number of benzene rings is 1. The van der Waals surface area contributed by atoms with E-state index in [-0.39, 0.29) is 29.9 Å². The Morgan fingerprint density at radius 3 is 2.44 bits per heavy atom. The van der Waals surface area contributed by atoms with Crippen molar-refractivity contribution in [3.05, 3.63) is 33.4 Å². The first-order chi connectivity index (χ1) is 16.5. The van der Waals surface area contributed by atoms with E-state index < -0.39 is 0 Å². The van der Waals surface area contributed by atoms with Crippen molar-refractivity contribution in [3.8, 4) is 0 Å². The van der Waals surface area contributed by atoms with E-state index in [4.69, 9.17) is 9.47 Å². The number of amides is 4. The summed E-state index contributed by atoms with van der Waals surface area (Å²) in [5, 5.41) is 12.1. The van der Waals surface area contributed by atoms with Gasteiger partial charge >= 0.3 is 6.03 Å². The summed E-state index contributed by atoms with van der Waals surface area (Å²) in [5.41, 5.74) is 0.633. The van der Waals surface area contributed by atoms with Crippen LogP contribution in [0.5, 0.6) is 0 Å². The molecule has 4 N–H and O–H groups in total. The van der Waals surface area contributed by atoms with Gasteiger partial charge in [0.1, 0.15) is 0 Å². The van der Waals surface area contributed by atoms with E-state index in [2.05, 4.69) is 43.9 Å². The third-order valence-corrected chi connectivity index (χ3v) is 7.89. The minimum atomic E-state index is -0.113. The molecule has 9 nitrogen and oxygen atoms in total. The van der Waals surface area contributed by atoms with Gasteiger partial charge in [0, 0.05) is 39.6 Å².